The van der Waals surface area contributed by atoms with Gasteiger partial charge in [-0.25, -0.2) is 4.79 Å². The Hall–Kier alpha value is -6.86. The van der Waals surface area contributed by atoms with Crippen LogP contribution in [0.1, 0.15) is 41.3 Å². The van der Waals surface area contributed by atoms with Crippen molar-refractivity contribution >= 4 is 22.8 Å². The molecule has 2 aliphatic carbocycles. The molecule has 0 amide bonds. The Morgan fingerprint density at radius 2 is 1.72 bits per heavy atom. The topological polar surface area (TPSA) is 271 Å². The number of aromatic nitrogens is 1. The van der Waals surface area contributed by atoms with Crippen LogP contribution in [0.25, 0.3) is 22.3 Å². The maximum atomic E-state index is 14.0. The third kappa shape index (κ3) is 7.80. The highest BCUT2D eigenvalue weighted by molar-refractivity contribution is 5.89. The molecule has 4 aliphatic rings. The zero-order valence-corrected chi connectivity index (χ0v) is 37.0. The molecule has 4 aromatic carbocycles. The fourth-order valence-corrected chi connectivity index (χ4v) is 10.6. The van der Waals surface area contributed by atoms with Crippen LogP contribution in [0.4, 0.5) is 5.82 Å². The van der Waals surface area contributed by atoms with Gasteiger partial charge in [0.1, 0.15) is 52.4 Å². The monoisotopic (exact) mass is 928 g/mol. The van der Waals surface area contributed by atoms with Crippen LogP contribution < -0.4 is 36.0 Å². The van der Waals surface area contributed by atoms with Crippen molar-refractivity contribution in [3.8, 4) is 40.1 Å². The number of aromatic amines is 1. The number of nitrogens with one attached hydrogen (secondary N) is 3. The third-order valence-electron chi connectivity index (χ3n) is 13.8. The van der Waals surface area contributed by atoms with E-state index in [1.165, 1.54) is 18.2 Å². The number of carbonyl (C=O) groups is 1. The molecular weight excluding hydrogens is 877 g/mol. The van der Waals surface area contributed by atoms with Crippen molar-refractivity contribution in [3.63, 3.8) is 0 Å². The number of anilines is 1. The first-order chi connectivity index (χ1) is 32.8. The van der Waals surface area contributed by atoms with Crippen molar-refractivity contribution in [2.24, 2.45) is 5.92 Å². The Labute approximate surface area is 389 Å². The lowest BCUT2D eigenvalue weighted by atomic mass is 9.56. The highest BCUT2D eigenvalue weighted by Crippen LogP contribution is 2.56. The second-order valence-electron chi connectivity index (χ2n) is 17.9. The molecule has 2 aliphatic heterocycles. The maximum Gasteiger partial charge on any atom is 0.336 e. The molecule has 0 spiro atoms. The fourth-order valence-electron chi connectivity index (χ4n) is 10.6. The van der Waals surface area contributed by atoms with Crippen LogP contribution in [0.3, 0.4) is 0 Å². The molecule has 2 fully saturated rings. The molecule has 0 saturated carbocycles. The fraction of sp³-hybridized carbons (Fsp3) is 0.333. The van der Waals surface area contributed by atoms with Crippen LogP contribution in [0.5, 0.6) is 28.7 Å². The first-order valence-corrected chi connectivity index (χ1v) is 22.6. The molecular formula is C51H52N4O13. The third-order valence-corrected chi connectivity index (χ3v) is 13.8. The van der Waals surface area contributed by atoms with Gasteiger partial charge in [-0.2, -0.15) is 0 Å². The average Bonchev–Trinajstić information content (AvgIpc) is 3.96. The summed E-state index contributed by atoms with van der Waals surface area (Å²) in [6.45, 7) is 2.71. The van der Waals surface area contributed by atoms with E-state index in [1.54, 1.807) is 42.5 Å². The number of aryl methyl sites for hydroxylation is 2. The highest BCUT2D eigenvalue weighted by Gasteiger charge is 2.73. The van der Waals surface area contributed by atoms with Crippen molar-refractivity contribution in [1.29, 1.82) is 0 Å². The van der Waals surface area contributed by atoms with Gasteiger partial charge in [-0.1, -0.05) is 42.8 Å². The number of nitrogen functional groups attached to an aromatic ring is 1. The molecule has 10 rings (SSSR count). The van der Waals surface area contributed by atoms with Gasteiger partial charge in [-0.3, -0.25) is 10.1 Å². The van der Waals surface area contributed by atoms with E-state index in [0.717, 1.165) is 22.4 Å². The number of phenolic OH excluding ortho intramolecular Hbond substituents is 2. The summed E-state index contributed by atoms with van der Waals surface area (Å²) >= 11 is 0. The zero-order valence-electron chi connectivity index (χ0n) is 37.0. The van der Waals surface area contributed by atoms with Crippen LogP contribution in [-0.4, -0.2) is 97.2 Å². The van der Waals surface area contributed by atoms with Gasteiger partial charge in [0.2, 0.25) is 12.0 Å². The molecule has 0 radical (unpaired) electrons. The number of fused-ring (bicyclic) bond motifs is 5. The van der Waals surface area contributed by atoms with Gasteiger partial charge in [0.25, 0.3) is 0 Å². The Bertz CT molecular complexity index is 3000. The normalized spacial score (nSPS) is 25.4. The van der Waals surface area contributed by atoms with Crippen LogP contribution in [0.15, 0.2) is 111 Å². The number of hydrogen-bond acceptors (Lipinski definition) is 15. The zero-order chi connectivity index (χ0) is 47.5. The minimum absolute atomic E-state index is 0.0232. The summed E-state index contributed by atoms with van der Waals surface area (Å²) in [7, 11) is 0. The lowest BCUT2D eigenvalue weighted by Crippen LogP contribution is -2.81. The van der Waals surface area contributed by atoms with Crippen molar-refractivity contribution in [2.45, 2.75) is 81.4 Å². The van der Waals surface area contributed by atoms with E-state index in [4.69, 9.17) is 29.1 Å². The second kappa shape index (κ2) is 17.7. The van der Waals surface area contributed by atoms with E-state index in [-0.39, 0.29) is 47.7 Å². The van der Waals surface area contributed by atoms with Crippen LogP contribution in [0, 0.1) is 5.92 Å². The number of benzene rings is 4. The second-order valence-corrected chi connectivity index (χ2v) is 17.9. The largest absolute Gasteiger partial charge is 0.508 e. The predicted molar refractivity (Wildman–Crippen MR) is 247 cm³/mol. The first-order valence-electron chi connectivity index (χ1n) is 22.6. The Morgan fingerprint density at radius 1 is 0.941 bits per heavy atom. The predicted octanol–water partition coefficient (Wildman–Crippen LogP) is 4.19. The SMILES string of the molecule is CCc1cc(O)cc(COc2c(OC3OC(C(=O)O)C4(O)C(C5CNCN5)C5=C(CCc6ccccc6C5)C3(O)C4O)cc3oc(-c4ccc(OCCc5ccc(N)[nH]5)cc4)cc(=O)c3c2O)c1. The lowest BCUT2D eigenvalue weighted by molar-refractivity contribution is -0.348. The summed E-state index contributed by atoms with van der Waals surface area (Å²) in [5.41, 5.74) is 5.25. The number of aromatic hydroxyl groups is 2. The summed E-state index contributed by atoms with van der Waals surface area (Å²) in [6, 6.07) is 25.0. The number of rotatable bonds is 13. The number of hydrogen-bond donors (Lipinski definition) is 10. The number of ether oxygens (including phenoxy) is 4. The molecule has 6 aromatic rings. The van der Waals surface area contributed by atoms with Crippen LogP contribution in [-0.2, 0) is 41.8 Å². The lowest BCUT2D eigenvalue weighted by Gasteiger charge is -2.60. The quantitative estimate of drug-likeness (QED) is 0.0728. The molecule has 7 atom stereocenters. The van der Waals surface area contributed by atoms with Crippen molar-refractivity contribution in [2.75, 3.05) is 25.6 Å². The highest BCUT2D eigenvalue weighted by atomic mass is 16.7. The Kier molecular flexibility index (Phi) is 11.7. The summed E-state index contributed by atoms with van der Waals surface area (Å²) < 4.78 is 31.2. The average molecular weight is 929 g/mol. The van der Waals surface area contributed by atoms with E-state index >= 15 is 0 Å². The van der Waals surface area contributed by atoms with Crippen molar-refractivity contribution in [3.05, 3.63) is 140 Å². The van der Waals surface area contributed by atoms with Crippen LogP contribution in [0.2, 0.25) is 0 Å². The number of H-pyrrole nitrogens is 1. The number of phenols is 2. The minimum atomic E-state index is -2.58. The molecule has 17 heteroatoms. The van der Waals surface area contributed by atoms with Crippen molar-refractivity contribution < 1.29 is 58.8 Å². The van der Waals surface area contributed by atoms with Gasteiger partial charge < -0.3 is 70.0 Å². The Morgan fingerprint density at radius 3 is 2.44 bits per heavy atom. The van der Waals surface area contributed by atoms with Gasteiger partial charge in [-0.05, 0) is 102 Å². The number of aliphatic hydroxyl groups is 3. The number of aliphatic carboxylic acids is 1. The van der Waals surface area contributed by atoms with Gasteiger partial charge in [0, 0.05) is 55.0 Å². The first kappa shape index (κ1) is 44.9. The van der Waals surface area contributed by atoms with Gasteiger partial charge in [0.15, 0.2) is 28.6 Å². The summed E-state index contributed by atoms with van der Waals surface area (Å²) in [5.74, 6) is -2.92. The molecule has 68 heavy (non-hydrogen) atoms. The minimum Gasteiger partial charge on any atom is -0.508 e. The Balaban J connectivity index is 1.07. The van der Waals surface area contributed by atoms with E-state index in [9.17, 15) is 40.2 Å². The standard InChI is InChI=1S/C51H52N4O13/c1-2-26-17-27(19-32(56)18-26)24-65-45-40(22-39-42(44(45)58)37(57)21-38(66-39)29-7-11-33(12-8-29)64-16-15-31-10-14-41(52)55-31)67-49-50(62)35-13-9-28-5-3-4-6-30(28)20-34(35)43(36-23-53-25-54-36)51(63,48(50)61)46(68-49)47(59)60/h3-8,10-12,14,17-19,21-22,36,43,46,48-49,53-56,58,61-63H,2,9,13,15-16,20,23-25,52H2,1H3,(H,59,60). The van der Waals surface area contributed by atoms with Gasteiger partial charge in [0.05, 0.1) is 6.61 Å². The smallest absolute Gasteiger partial charge is 0.336 e. The van der Waals surface area contributed by atoms with E-state index in [1.807, 2.05) is 37.3 Å². The summed E-state index contributed by atoms with van der Waals surface area (Å²) in [5, 5.41) is 78.1. The van der Waals surface area contributed by atoms with Crippen LogP contribution >= 0.6 is 0 Å². The van der Waals surface area contributed by atoms with Gasteiger partial charge >= 0.3 is 5.97 Å². The number of carboxylic acid groups (broad SMARTS) is 1. The van der Waals surface area contributed by atoms with Gasteiger partial charge in [-0.15, -0.1) is 0 Å². The molecule has 4 heterocycles. The maximum absolute atomic E-state index is 14.0. The number of aliphatic hydroxyl groups excluding tert-OH is 1. The molecule has 2 saturated heterocycles. The summed E-state index contributed by atoms with van der Waals surface area (Å²) in [6.07, 6.45) is -4.36. The molecule has 2 aromatic heterocycles. The van der Waals surface area contributed by atoms with E-state index < -0.39 is 64.6 Å². The molecule has 7 unspecified atom stereocenters. The molecule has 2 bridgehead atoms. The van der Waals surface area contributed by atoms with E-state index in [2.05, 4.69) is 15.6 Å². The van der Waals surface area contributed by atoms with E-state index in [0.29, 0.717) is 72.9 Å². The molecule has 354 valence electrons. The number of carboxylic acids is 1. The summed E-state index contributed by atoms with van der Waals surface area (Å²) in [4.78, 5) is 30.4. The molecule has 17 nitrogen and oxygen atoms in total. The van der Waals surface area contributed by atoms with Crippen molar-refractivity contribution in [1.82, 2.24) is 15.6 Å². The molecule has 11 N–H and O–H groups in total. The number of nitrogens with two attached hydrogens (primary N) is 1.